The van der Waals surface area contributed by atoms with Gasteiger partial charge in [-0.25, -0.2) is 8.42 Å². The molecular formula is C12H17N3O7S2. The third kappa shape index (κ3) is 7.04. The maximum Gasteiger partial charge on any atom is 0.294 e. The first-order chi connectivity index (χ1) is 10.9. The van der Waals surface area contributed by atoms with Crippen LogP contribution in [-0.2, 0) is 29.7 Å². The van der Waals surface area contributed by atoms with Crippen molar-refractivity contribution < 1.29 is 31.0 Å². The van der Waals surface area contributed by atoms with Gasteiger partial charge in [0.05, 0.1) is 17.2 Å². The molecule has 10 nitrogen and oxygen atoms in total. The van der Waals surface area contributed by atoms with E-state index < -0.39 is 38.0 Å². The molecule has 0 aromatic heterocycles. The molecule has 0 radical (unpaired) electrons. The lowest BCUT2D eigenvalue weighted by Gasteiger charge is -2.11. The van der Waals surface area contributed by atoms with Crippen molar-refractivity contribution in [3.8, 4) is 0 Å². The van der Waals surface area contributed by atoms with E-state index in [0.29, 0.717) is 0 Å². The first-order valence-corrected chi connectivity index (χ1v) is 9.86. The molecule has 0 saturated carbocycles. The summed E-state index contributed by atoms with van der Waals surface area (Å²) in [4.78, 5) is 22.8. The van der Waals surface area contributed by atoms with Gasteiger partial charge in [-0.3, -0.25) is 18.9 Å². The van der Waals surface area contributed by atoms with E-state index in [0.717, 1.165) is 18.4 Å². The van der Waals surface area contributed by atoms with Crippen LogP contribution in [0.2, 0.25) is 0 Å². The summed E-state index contributed by atoms with van der Waals surface area (Å²) >= 11 is 0. The van der Waals surface area contributed by atoms with E-state index >= 15 is 0 Å². The smallest absolute Gasteiger partial charge is 0.294 e. The Hall–Kier alpha value is -2.02. The van der Waals surface area contributed by atoms with Crippen molar-refractivity contribution in [1.29, 1.82) is 0 Å². The van der Waals surface area contributed by atoms with Crippen LogP contribution in [0.3, 0.4) is 0 Å². The van der Waals surface area contributed by atoms with Gasteiger partial charge in [0.25, 0.3) is 10.1 Å². The number of amides is 2. The zero-order valence-corrected chi connectivity index (χ0v) is 14.2. The van der Waals surface area contributed by atoms with Gasteiger partial charge in [-0.05, 0) is 24.6 Å². The van der Waals surface area contributed by atoms with E-state index in [1.807, 2.05) is 0 Å². The van der Waals surface area contributed by atoms with Crippen LogP contribution in [0.1, 0.15) is 12.8 Å². The Morgan fingerprint density at radius 3 is 2.42 bits per heavy atom. The minimum Gasteiger partial charge on any atom is -0.326 e. The molecule has 1 aromatic carbocycles. The van der Waals surface area contributed by atoms with Crippen LogP contribution >= 0.6 is 0 Å². The Bertz CT molecular complexity index is 834. The molecule has 0 fully saturated rings. The molecule has 12 heteroatoms. The number of hydrogen-bond donors (Lipinski definition) is 4. The lowest BCUT2D eigenvalue weighted by atomic mass is 10.1. The highest BCUT2D eigenvalue weighted by Crippen LogP contribution is 2.15. The molecule has 0 bridgehead atoms. The van der Waals surface area contributed by atoms with E-state index in [1.54, 1.807) is 4.72 Å². The number of nitrogens with one attached hydrogen (secondary N) is 2. The van der Waals surface area contributed by atoms with Gasteiger partial charge in [0.15, 0.2) is 0 Å². The Morgan fingerprint density at radius 1 is 1.25 bits per heavy atom. The molecule has 1 aromatic rings. The van der Waals surface area contributed by atoms with Gasteiger partial charge in [0.1, 0.15) is 0 Å². The second-order valence-corrected chi connectivity index (χ2v) is 8.10. The van der Waals surface area contributed by atoms with Crippen LogP contribution in [0.15, 0.2) is 29.2 Å². The maximum absolute atomic E-state index is 11.8. The summed E-state index contributed by atoms with van der Waals surface area (Å²) in [6.45, 7) is 0. The van der Waals surface area contributed by atoms with Gasteiger partial charge in [-0.1, -0.05) is 6.07 Å². The molecular weight excluding hydrogens is 362 g/mol. The fourth-order valence-corrected chi connectivity index (χ4v) is 2.68. The summed E-state index contributed by atoms with van der Waals surface area (Å²) in [6.07, 6.45) is 0.478. The molecule has 1 rings (SSSR count). The average Bonchev–Trinajstić information content (AvgIpc) is 2.42. The minimum atomic E-state index is -4.40. The summed E-state index contributed by atoms with van der Waals surface area (Å²) in [5.41, 5.74) is 5.61. The Labute approximate surface area is 139 Å². The van der Waals surface area contributed by atoms with Crippen molar-refractivity contribution in [1.82, 2.24) is 4.72 Å². The zero-order valence-electron chi connectivity index (χ0n) is 12.6. The lowest BCUT2D eigenvalue weighted by Crippen LogP contribution is -2.43. The van der Waals surface area contributed by atoms with Gasteiger partial charge in [0, 0.05) is 12.1 Å². The van der Waals surface area contributed by atoms with Crippen molar-refractivity contribution in [2.75, 3.05) is 11.6 Å². The number of hydrogen-bond acceptors (Lipinski definition) is 7. The molecule has 0 aliphatic carbocycles. The van der Waals surface area contributed by atoms with E-state index in [-0.39, 0.29) is 23.4 Å². The predicted octanol–water partition coefficient (Wildman–Crippen LogP) is -0.945. The maximum atomic E-state index is 11.8. The van der Waals surface area contributed by atoms with E-state index in [9.17, 15) is 26.4 Å². The highest BCUT2D eigenvalue weighted by molar-refractivity contribution is 7.89. The summed E-state index contributed by atoms with van der Waals surface area (Å²) in [7, 11) is -8.13. The molecule has 1 atom stereocenters. The molecule has 134 valence electrons. The SMILES string of the molecule is CS(=O)(=O)NC(=O)[C@@H](N)CCC(=O)Nc1cccc(S(=O)(=O)O)c1. The van der Waals surface area contributed by atoms with Crippen molar-refractivity contribution in [2.24, 2.45) is 5.73 Å². The number of carbonyl (C=O) groups is 2. The van der Waals surface area contributed by atoms with Crippen LogP contribution < -0.4 is 15.8 Å². The quantitative estimate of drug-likeness (QED) is 0.439. The van der Waals surface area contributed by atoms with Gasteiger partial charge in [-0.15, -0.1) is 0 Å². The predicted molar refractivity (Wildman–Crippen MR) is 85.1 cm³/mol. The van der Waals surface area contributed by atoms with Crippen LogP contribution in [0.4, 0.5) is 5.69 Å². The normalized spacial score (nSPS) is 13.1. The van der Waals surface area contributed by atoms with E-state index in [4.69, 9.17) is 10.3 Å². The minimum absolute atomic E-state index is 0.120. The van der Waals surface area contributed by atoms with Gasteiger partial charge in [-0.2, -0.15) is 8.42 Å². The Balaban J connectivity index is 2.60. The second-order valence-electron chi connectivity index (χ2n) is 4.93. The molecule has 0 unspecified atom stereocenters. The third-order valence-electron chi connectivity index (χ3n) is 2.72. The first kappa shape index (κ1) is 20.0. The largest absolute Gasteiger partial charge is 0.326 e. The zero-order chi connectivity index (χ0) is 18.5. The topological polar surface area (TPSA) is 173 Å². The van der Waals surface area contributed by atoms with Gasteiger partial charge >= 0.3 is 0 Å². The molecule has 0 saturated heterocycles. The van der Waals surface area contributed by atoms with Crippen molar-refractivity contribution in [3.63, 3.8) is 0 Å². The third-order valence-corrected chi connectivity index (χ3v) is 4.14. The van der Waals surface area contributed by atoms with E-state index in [2.05, 4.69) is 5.32 Å². The Morgan fingerprint density at radius 2 is 1.88 bits per heavy atom. The number of sulfonamides is 1. The molecule has 24 heavy (non-hydrogen) atoms. The fourth-order valence-electron chi connectivity index (χ4n) is 1.63. The van der Waals surface area contributed by atoms with Gasteiger partial charge in [0.2, 0.25) is 21.8 Å². The summed E-state index contributed by atoms with van der Waals surface area (Å²) in [5, 5.41) is 2.38. The highest BCUT2D eigenvalue weighted by atomic mass is 32.2. The molecule has 5 N–H and O–H groups in total. The lowest BCUT2D eigenvalue weighted by molar-refractivity contribution is -0.121. The Kier molecular flexibility index (Phi) is 6.42. The number of benzene rings is 1. The standard InChI is InChI=1S/C12H17N3O7S2/c1-23(18,19)15-12(17)10(13)5-6-11(16)14-8-3-2-4-9(7-8)24(20,21)22/h2-4,7,10H,5-6,13H2,1H3,(H,14,16)(H,15,17)(H,20,21,22)/t10-/m0/s1. The monoisotopic (exact) mass is 379 g/mol. The second kappa shape index (κ2) is 7.70. The average molecular weight is 379 g/mol. The molecule has 2 amide bonds. The van der Waals surface area contributed by atoms with Crippen LogP contribution in [0.25, 0.3) is 0 Å². The van der Waals surface area contributed by atoms with E-state index in [1.165, 1.54) is 12.1 Å². The van der Waals surface area contributed by atoms with Crippen LogP contribution in [-0.4, -0.2) is 45.5 Å². The summed E-state index contributed by atoms with van der Waals surface area (Å²) in [6, 6.07) is 3.74. The molecule has 0 aliphatic heterocycles. The molecule has 0 spiro atoms. The number of anilines is 1. The van der Waals surface area contributed by atoms with Crippen molar-refractivity contribution in [3.05, 3.63) is 24.3 Å². The van der Waals surface area contributed by atoms with Crippen LogP contribution in [0, 0.1) is 0 Å². The van der Waals surface area contributed by atoms with Crippen molar-refractivity contribution in [2.45, 2.75) is 23.8 Å². The number of carbonyl (C=O) groups excluding carboxylic acids is 2. The van der Waals surface area contributed by atoms with Crippen LogP contribution in [0.5, 0.6) is 0 Å². The summed E-state index contributed by atoms with van der Waals surface area (Å²) < 4.78 is 54.4. The van der Waals surface area contributed by atoms with Gasteiger partial charge < -0.3 is 11.1 Å². The number of rotatable bonds is 7. The summed E-state index contributed by atoms with van der Waals surface area (Å²) in [5.74, 6) is -1.50. The first-order valence-electron chi connectivity index (χ1n) is 6.53. The fraction of sp³-hybridized carbons (Fsp3) is 0.333. The highest BCUT2D eigenvalue weighted by Gasteiger charge is 2.18. The number of nitrogens with two attached hydrogens (primary N) is 1. The molecule has 0 heterocycles. The molecule has 0 aliphatic rings. The van der Waals surface area contributed by atoms with Crippen molar-refractivity contribution >= 4 is 37.6 Å².